The SMILES string of the molecule is CCOC(=O)c1ccc2nc(Nc3ccc(Br)cc3)[nH]c2c1. The fourth-order valence-corrected chi connectivity index (χ4v) is 2.34. The maximum Gasteiger partial charge on any atom is 0.338 e. The lowest BCUT2D eigenvalue weighted by Gasteiger charge is -2.01. The number of ether oxygens (including phenoxy) is 1. The van der Waals surface area contributed by atoms with E-state index >= 15 is 0 Å². The first-order chi connectivity index (χ1) is 10.7. The Hall–Kier alpha value is -2.34. The molecule has 0 spiro atoms. The number of fused-ring (bicyclic) bond motifs is 1. The van der Waals surface area contributed by atoms with Gasteiger partial charge in [-0.15, -0.1) is 0 Å². The van der Waals surface area contributed by atoms with Crippen LogP contribution in [-0.2, 0) is 4.74 Å². The van der Waals surface area contributed by atoms with Gasteiger partial charge in [0, 0.05) is 10.2 Å². The first-order valence-corrected chi connectivity index (χ1v) is 7.64. The number of aromatic amines is 1. The Morgan fingerprint density at radius 2 is 2.05 bits per heavy atom. The standard InChI is InChI=1S/C16H14BrN3O2/c1-2-22-15(21)10-3-8-13-14(9-10)20-16(19-13)18-12-6-4-11(17)5-7-12/h3-9H,2H2,1H3,(H2,18,19,20). The van der Waals surface area contributed by atoms with Crippen molar-refractivity contribution in [3.8, 4) is 0 Å². The maximum absolute atomic E-state index is 11.7. The van der Waals surface area contributed by atoms with Crippen molar-refractivity contribution < 1.29 is 9.53 Å². The molecule has 112 valence electrons. The van der Waals surface area contributed by atoms with Crippen molar-refractivity contribution in [3.63, 3.8) is 0 Å². The maximum atomic E-state index is 11.7. The van der Waals surface area contributed by atoms with Gasteiger partial charge in [-0.2, -0.15) is 0 Å². The predicted molar refractivity (Wildman–Crippen MR) is 89.5 cm³/mol. The van der Waals surface area contributed by atoms with Crippen LogP contribution in [-0.4, -0.2) is 22.5 Å². The van der Waals surface area contributed by atoms with Gasteiger partial charge >= 0.3 is 5.97 Å². The molecule has 1 aromatic heterocycles. The molecule has 6 heteroatoms. The molecule has 2 N–H and O–H groups in total. The number of esters is 1. The molecule has 0 unspecified atom stereocenters. The van der Waals surface area contributed by atoms with Crippen LogP contribution < -0.4 is 5.32 Å². The van der Waals surface area contributed by atoms with Crippen LogP contribution in [0.25, 0.3) is 11.0 Å². The summed E-state index contributed by atoms with van der Waals surface area (Å²) in [6.45, 7) is 2.14. The van der Waals surface area contributed by atoms with Gasteiger partial charge in [-0.1, -0.05) is 15.9 Å². The van der Waals surface area contributed by atoms with Crippen LogP contribution in [0.3, 0.4) is 0 Å². The quantitative estimate of drug-likeness (QED) is 0.683. The van der Waals surface area contributed by atoms with Crippen LogP contribution in [0.15, 0.2) is 46.9 Å². The van der Waals surface area contributed by atoms with Crippen LogP contribution in [0.1, 0.15) is 17.3 Å². The van der Waals surface area contributed by atoms with Crippen LogP contribution in [0.5, 0.6) is 0 Å². The Kier molecular flexibility index (Phi) is 4.11. The van der Waals surface area contributed by atoms with Crippen molar-refractivity contribution in [1.82, 2.24) is 9.97 Å². The van der Waals surface area contributed by atoms with Crippen molar-refractivity contribution in [2.45, 2.75) is 6.92 Å². The summed E-state index contributed by atoms with van der Waals surface area (Å²) < 4.78 is 6.01. The monoisotopic (exact) mass is 359 g/mol. The molecule has 3 rings (SSSR count). The number of anilines is 2. The predicted octanol–water partition coefficient (Wildman–Crippen LogP) is 4.25. The van der Waals surface area contributed by atoms with E-state index in [1.54, 1.807) is 25.1 Å². The Morgan fingerprint density at radius 3 is 2.77 bits per heavy atom. The lowest BCUT2D eigenvalue weighted by atomic mass is 10.2. The summed E-state index contributed by atoms with van der Waals surface area (Å²) in [4.78, 5) is 19.3. The van der Waals surface area contributed by atoms with Gasteiger partial charge < -0.3 is 15.0 Å². The molecule has 22 heavy (non-hydrogen) atoms. The number of halogens is 1. The largest absolute Gasteiger partial charge is 0.462 e. The van der Waals surface area contributed by atoms with Crippen molar-refractivity contribution in [1.29, 1.82) is 0 Å². The van der Waals surface area contributed by atoms with Crippen LogP contribution >= 0.6 is 15.9 Å². The van der Waals surface area contributed by atoms with Gasteiger partial charge in [0.2, 0.25) is 5.95 Å². The minimum atomic E-state index is -0.332. The first kappa shape index (κ1) is 14.6. The molecular formula is C16H14BrN3O2. The van der Waals surface area contributed by atoms with Crippen molar-refractivity contribution in [2.75, 3.05) is 11.9 Å². The Labute approximate surface area is 135 Å². The average molecular weight is 360 g/mol. The van der Waals surface area contributed by atoms with Gasteiger partial charge in [-0.05, 0) is 49.4 Å². The van der Waals surface area contributed by atoms with E-state index in [1.807, 2.05) is 24.3 Å². The molecule has 0 saturated carbocycles. The molecule has 2 aromatic carbocycles. The van der Waals surface area contributed by atoms with E-state index in [9.17, 15) is 4.79 Å². The summed E-state index contributed by atoms with van der Waals surface area (Å²) in [5.41, 5.74) is 3.00. The second kappa shape index (κ2) is 6.19. The number of rotatable bonds is 4. The van der Waals surface area contributed by atoms with Crippen LogP contribution in [0.2, 0.25) is 0 Å². The third kappa shape index (κ3) is 3.12. The Balaban J connectivity index is 1.86. The zero-order chi connectivity index (χ0) is 15.5. The zero-order valence-corrected chi connectivity index (χ0v) is 13.5. The number of benzene rings is 2. The summed E-state index contributed by atoms with van der Waals surface area (Å²) in [6, 6.07) is 13.0. The highest BCUT2D eigenvalue weighted by Gasteiger charge is 2.09. The van der Waals surface area contributed by atoms with Gasteiger partial charge in [0.25, 0.3) is 0 Å². The molecule has 3 aromatic rings. The fourth-order valence-electron chi connectivity index (χ4n) is 2.08. The molecule has 0 aliphatic rings. The van der Waals surface area contributed by atoms with Crippen LogP contribution in [0, 0.1) is 0 Å². The summed E-state index contributed by atoms with van der Waals surface area (Å²) in [7, 11) is 0. The van der Waals surface area contributed by atoms with Gasteiger partial charge in [0.05, 0.1) is 23.2 Å². The number of carbonyl (C=O) groups is 1. The number of hydrogen-bond donors (Lipinski definition) is 2. The molecule has 5 nitrogen and oxygen atoms in total. The number of nitrogens with one attached hydrogen (secondary N) is 2. The van der Waals surface area contributed by atoms with Gasteiger partial charge in [0.15, 0.2) is 0 Å². The number of imidazole rings is 1. The first-order valence-electron chi connectivity index (χ1n) is 6.85. The van der Waals surface area contributed by atoms with Gasteiger partial charge in [0.1, 0.15) is 0 Å². The molecular weight excluding hydrogens is 346 g/mol. The molecule has 0 radical (unpaired) electrons. The van der Waals surface area contributed by atoms with Gasteiger partial charge in [-0.25, -0.2) is 9.78 Å². The van der Waals surface area contributed by atoms with E-state index in [1.165, 1.54) is 0 Å². The minimum Gasteiger partial charge on any atom is -0.462 e. The number of carbonyl (C=O) groups excluding carboxylic acids is 1. The van der Waals surface area contributed by atoms with Crippen molar-refractivity contribution in [2.24, 2.45) is 0 Å². The summed E-state index contributed by atoms with van der Waals surface area (Å²) in [6.07, 6.45) is 0. The minimum absolute atomic E-state index is 0.332. The second-order valence-corrected chi connectivity index (χ2v) is 5.59. The molecule has 1 heterocycles. The molecule has 0 saturated heterocycles. The molecule has 0 amide bonds. The van der Waals surface area contributed by atoms with E-state index in [-0.39, 0.29) is 5.97 Å². The smallest absolute Gasteiger partial charge is 0.338 e. The van der Waals surface area contributed by atoms with E-state index < -0.39 is 0 Å². The lowest BCUT2D eigenvalue weighted by molar-refractivity contribution is 0.0526. The van der Waals surface area contributed by atoms with Crippen LogP contribution in [0.4, 0.5) is 11.6 Å². The number of aromatic nitrogens is 2. The van der Waals surface area contributed by atoms with Crippen molar-refractivity contribution >= 4 is 44.6 Å². The van der Waals surface area contributed by atoms with E-state index in [2.05, 4.69) is 31.2 Å². The second-order valence-electron chi connectivity index (χ2n) is 4.67. The third-order valence-electron chi connectivity index (χ3n) is 3.10. The Morgan fingerprint density at radius 1 is 1.27 bits per heavy atom. The number of hydrogen-bond acceptors (Lipinski definition) is 4. The summed E-state index contributed by atoms with van der Waals surface area (Å²) >= 11 is 3.40. The lowest BCUT2D eigenvalue weighted by Crippen LogP contribution is -2.04. The number of H-pyrrole nitrogens is 1. The topological polar surface area (TPSA) is 67.0 Å². The highest BCUT2D eigenvalue weighted by molar-refractivity contribution is 9.10. The zero-order valence-electron chi connectivity index (χ0n) is 11.9. The average Bonchev–Trinajstić information content (AvgIpc) is 2.91. The molecule has 0 bridgehead atoms. The third-order valence-corrected chi connectivity index (χ3v) is 3.63. The highest BCUT2D eigenvalue weighted by atomic mass is 79.9. The molecule has 0 aliphatic heterocycles. The van der Waals surface area contributed by atoms with E-state index in [4.69, 9.17) is 4.74 Å². The van der Waals surface area contributed by atoms with E-state index in [0.29, 0.717) is 18.1 Å². The summed E-state index contributed by atoms with van der Waals surface area (Å²) in [5, 5.41) is 3.19. The van der Waals surface area contributed by atoms with Gasteiger partial charge in [-0.3, -0.25) is 0 Å². The molecule has 0 aliphatic carbocycles. The molecule has 0 fully saturated rings. The molecule has 0 atom stereocenters. The Bertz CT molecular complexity index is 812. The summed E-state index contributed by atoms with van der Waals surface area (Å²) in [5.74, 6) is 0.291. The fraction of sp³-hybridized carbons (Fsp3) is 0.125. The normalized spacial score (nSPS) is 10.6. The van der Waals surface area contributed by atoms with Crippen molar-refractivity contribution in [3.05, 3.63) is 52.5 Å². The highest BCUT2D eigenvalue weighted by Crippen LogP contribution is 2.21. The number of nitrogens with zero attached hydrogens (tertiary/aromatic N) is 1. The van der Waals surface area contributed by atoms with E-state index in [0.717, 1.165) is 21.2 Å².